The number of nitrogen functional groups attached to an aromatic ring is 1. The van der Waals surface area contributed by atoms with Gasteiger partial charge in [0, 0.05) is 18.1 Å². The second kappa shape index (κ2) is 5.01. The topological polar surface area (TPSA) is 104 Å². The fourth-order valence-corrected chi connectivity index (χ4v) is 4.78. The predicted molar refractivity (Wildman–Crippen MR) is 75.5 cm³/mol. The van der Waals surface area contributed by atoms with Crippen LogP contribution in [0.2, 0.25) is 0 Å². The highest BCUT2D eigenvalue weighted by molar-refractivity contribution is 7.89. The standard InChI is InChI=1S/C12H21N5O2S/c1-17-9-3-2-4-10(17)6-8(5-9)16-20(18,19)11-7-14-15-12(11)13/h7-10,16H,2-6H2,1H3,(H3,13,14,15). The summed E-state index contributed by atoms with van der Waals surface area (Å²) < 4.78 is 27.4. The zero-order chi connectivity index (χ0) is 14.3. The van der Waals surface area contributed by atoms with Gasteiger partial charge in [0.05, 0.1) is 6.20 Å². The number of nitrogens with one attached hydrogen (secondary N) is 2. The summed E-state index contributed by atoms with van der Waals surface area (Å²) in [5.41, 5.74) is 5.60. The van der Waals surface area contributed by atoms with E-state index in [0.29, 0.717) is 12.1 Å². The summed E-state index contributed by atoms with van der Waals surface area (Å²) in [7, 11) is -1.44. The number of aromatic nitrogens is 2. The maximum atomic E-state index is 12.3. The van der Waals surface area contributed by atoms with Gasteiger partial charge in [-0.15, -0.1) is 0 Å². The van der Waals surface area contributed by atoms with Crippen molar-refractivity contribution < 1.29 is 8.42 Å². The second-order valence-electron chi connectivity index (χ2n) is 5.84. The molecule has 3 rings (SSSR count). The molecule has 7 nitrogen and oxygen atoms in total. The maximum absolute atomic E-state index is 12.3. The van der Waals surface area contributed by atoms with E-state index in [1.54, 1.807) is 0 Å². The first-order valence-corrected chi connectivity index (χ1v) is 8.49. The first-order chi connectivity index (χ1) is 9.47. The van der Waals surface area contributed by atoms with E-state index in [0.717, 1.165) is 25.7 Å². The van der Waals surface area contributed by atoms with Gasteiger partial charge in [-0.3, -0.25) is 5.10 Å². The SMILES string of the molecule is CN1C2CCCC1CC(NS(=O)(=O)c1cn[nH]c1N)C2. The van der Waals surface area contributed by atoms with E-state index in [4.69, 9.17) is 5.73 Å². The number of nitrogens with zero attached hydrogens (tertiary/aromatic N) is 2. The van der Waals surface area contributed by atoms with Crippen molar-refractivity contribution >= 4 is 15.8 Å². The van der Waals surface area contributed by atoms with Crippen molar-refractivity contribution in [2.45, 2.75) is 55.1 Å². The highest BCUT2D eigenvalue weighted by Crippen LogP contribution is 2.33. The first-order valence-electron chi connectivity index (χ1n) is 7.00. The van der Waals surface area contributed by atoms with Crippen molar-refractivity contribution in [3.63, 3.8) is 0 Å². The zero-order valence-corrected chi connectivity index (χ0v) is 12.4. The first kappa shape index (κ1) is 13.8. The van der Waals surface area contributed by atoms with E-state index in [9.17, 15) is 8.42 Å². The lowest BCUT2D eigenvalue weighted by Gasteiger charge is -2.47. The van der Waals surface area contributed by atoms with Crippen LogP contribution in [-0.2, 0) is 10.0 Å². The number of nitrogens with two attached hydrogens (primary N) is 1. The Balaban J connectivity index is 1.74. The normalized spacial score (nSPS) is 31.4. The number of sulfonamides is 1. The third kappa shape index (κ3) is 2.43. The van der Waals surface area contributed by atoms with Crippen molar-refractivity contribution in [2.24, 2.45) is 0 Å². The van der Waals surface area contributed by atoms with Crippen molar-refractivity contribution in [3.8, 4) is 0 Å². The van der Waals surface area contributed by atoms with Gasteiger partial charge in [-0.25, -0.2) is 13.1 Å². The van der Waals surface area contributed by atoms with Crippen LogP contribution in [0.5, 0.6) is 0 Å². The molecule has 1 aromatic rings. The molecule has 0 spiro atoms. The number of aromatic amines is 1. The fourth-order valence-electron chi connectivity index (χ4n) is 3.49. The molecular weight excluding hydrogens is 278 g/mol. The van der Waals surface area contributed by atoms with Gasteiger partial charge in [0.2, 0.25) is 10.0 Å². The molecule has 20 heavy (non-hydrogen) atoms. The summed E-state index contributed by atoms with van der Waals surface area (Å²) in [6, 6.07) is 0.953. The summed E-state index contributed by atoms with van der Waals surface area (Å²) in [5.74, 6) is 0.0885. The summed E-state index contributed by atoms with van der Waals surface area (Å²) in [6.07, 6.45) is 6.54. The smallest absolute Gasteiger partial charge is 0.246 e. The minimum absolute atomic E-state index is 0.0131. The summed E-state index contributed by atoms with van der Waals surface area (Å²) in [4.78, 5) is 2.45. The molecule has 2 fully saturated rings. The number of piperidine rings is 2. The Morgan fingerprint density at radius 1 is 1.40 bits per heavy atom. The van der Waals surface area contributed by atoms with E-state index in [2.05, 4.69) is 26.9 Å². The van der Waals surface area contributed by atoms with Gasteiger partial charge in [0.15, 0.2) is 0 Å². The van der Waals surface area contributed by atoms with Crippen LogP contribution in [0.15, 0.2) is 11.1 Å². The van der Waals surface area contributed by atoms with Gasteiger partial charge in [-0.05, 0) is 32.7 Å². The van der Waals surface area contributed by atoms with Gasteiger partial charge >= 0.3 is 0 Å². The zero-order valence-electron chi connectivity index (χ0n) is 11.5. The van der Waals surface area contributed by atoms with Crippen LogP contribution in [0.25, 0.3) is 0 Å². The Labute approximate surface area is 119 Å². The number of H-pyrrole nitrogens is 1. The third-order valence-corrected chi connectivity index (χ3v) is 6.13. The fraction of sp³-hybridized carbons (Fsp3) is 0.750. The van der Waals surface area contributed by atoms with Gasteiger partial charge in [-0.2, -0.15) is 5.10 Å². The van der Waals surface area contributed by atoms with E-state index in [1.165, 1.54) is 12.6 Å². The molecule has 2 aliphatic rings. The van der Waals surface area contributed by atoms with E-state index in [1.807, 2.05) is 0 Å². The van der Waals surface area contributed by atoms with Crippen LogP contribution in [0, 0.1) is 0 Å². The quantitative estimate of drug-likeness (QED) is 0.744. The molecule has 2 bridgehead atoms. The van der Waals surface area contributed by atoms with Crippen LogP contribution in [0.1, 0.15) is 32.1 Å². The van der Waals surface area contributed by atoms with Gasteiger partial charge < -0.3 is 10.6 Å². The molecule has 4 N–H and O–H groups in total. The molecule has 8 heteroatoms. The predicted octanol–water partition coefficient (Wildman–Crippen LogP) is 0.286. The van der Waals surface area contributed by atoms with Crippen LogP contribution in [0.4, 0.5) is 5.82 Å². The molecule has 2 unspecified atom stereocenters. The van der Waals surface area contributed by atoms with Crippen molar-refractivity contribution in [2.75, 3.05) is 12.8 Å². The van der Waals surface area contributed by atoms with E-state index in [-0.39, 0.29) is 16.8 Å². The molecule has 3 heterocycles. The average molecular weight is 299 g/mol. The van der Waals surface area contributed by atoms with E-state index >= 15 is 0 Å². The summed E-state index contributed by atoms with van der Waals surface area (Å²) >= 11 is 0. The van der Waals surface area contributed by atoms with Gasteiger partial charge in [0.25, 0.3) is 0 Å². The Kier molecular flexibility index (Phi) is 3.47. The van der Waals surface area contributed by atoms with Gasteiger partial charge in [-0.1, -0.05) is 6.42 Å². The largest absolute Gasteiger partial charge is 0.383 e. The minimum Gasteiger partial charge on any atom is -0.383 e. The molecule has 0 amide bonds. The molecule has 0 saturated carbocycles. The van der Waals surface area contributed by atoms with Crippen LogP contribution < -0.4 is 10.5 Å². The van der Waals surface area contributed by atoms with Gasteiger partial charge in [0.1, 0.15) is 10.7 Å². The lowest BCUT2D eigenvalue weighted by atomic mass is 9.83. The highest BCUT2D eigenvalue weighted by Gasteiger charge is 2.37. The molecular formula is C12H21N5O2S. The average Bonchev–Trinajstić information content (AvgIpc) is 2.77. The molecule has 112 valence electrons. The lowest BCUT2D eigenvalue weighted by molar-refractivity contribution is 0.0536. The van der Waals surface area contributed by atoms with Crippen LogP contribution in [0.3, 0.4) is 0 Å². The molecule has 0 aromatic carbocycles. The van der Waals surface area contributed by atoms with Crippen LogP contribution >= 0.6 is 0 Å². The summed E-state index contributed by atoms with van der Waals surface area (Å²) in [6.45, 7) is 0. The third-order valence-electron chi connectivity index (χ3n) is 4.58. The number of fused-ring (bicyclic) bond motifs is 2. The molecule has 2 aliphatic heterocycles. The minimum atomic E-state index is -3.58. The monoisotopic (exact) mass is 299 g/mol. The van der Waals surface area contributed by atoms with E-state index < -0.39 is 10.0 Å². The van der Waals surface area contributed by atoms with Crippen LogP contribution in [-0.4, -0.2) is 48.7 Å². The Morgan fingerprint density at radius 2 is 2.05 bits per heavy atom. The molecule has 0 aliphatic carbocycles. The maximum Gasteiger partial charge on any atom is 0.246 e. The lowest BCUT2D eigenvalue weighted by Crippen LogP contribution is -2.55. The highest BCUT2D eigenvalue weighted by atomic mass is 32.2. The van der Waals surface area contributed by atoms with Crippen molar-refractivity contribution in [3.05, 3.63) is 6.20 Å². The number of hydrogen-bond acceptors (Lipinski definition) is 5. The van der Waals surface area contributed by atoms with Crippen molar-refractivity contribution in [1.82, 2.24) is 19.8 Å². The molecule has 2 saturated heterocycles. The molecule has 0 radical (unpaired) electrons. The Hall–Kier alpha value is -1.12. The summed E-state index contributed by atoms with van der Waals surface area (Å²) in [5, 5.41) is 6.13. The molecule has 1 aromatic heterocycles. The number of hydrogen-bond donors (Lipinski definition) is 3. The number of anilines is 1. The molecule has 2 atom stereocenters. The number of rotatable bonds is 3. The second-order valence-corrected chi connectivity index (χ2v) is 7.52. The van der Waals surface area contributed by atoms with Crippen molar-refractivity contribution in [1.29, 1.82) is 0 Å². The Morgan fingerprint density at radius 3 is 2.60 bits per heavy atom. The Bertz CT molecular complexity index is 570.